The van der Waals surface area contributed by atoms with E-state index in [0.29, 0.717) is 25.6 Å². The largest absolute Gasteiger partial charge is 0.335 e. The summed E-state index contributed by atoms with van der Waals surface area (Å²) in [6.07, 6.45) is 7.53. The molecule has 0 aromatic carbocycles. The van der Waals surface area contributed by atoms with E-state index in [9.17, 15) is 4.79 Å². The minimum Gasteiger partial charge on any atom is -0.335 e. The van der Waals surface area contributed by atoms with Crippen LogP contribution in [0.4, 0.5) is 0 Å². The van der Waals surface area contributed by atoms with Crippen LogP contribution in [0.25, 0.3) is 0 Å². The van der Waals surface area contributed by atoms with Gasteiger partial charge < -0.3 is 10.2 Å². The van der Waals surface area contributed by atoms with Crippen LogP contribution in [0.2, 0.25) is 0 Å². The number of amides is 1. The molecule has 1 heterocycles. The van der Waals surface area contributed by atoms with Gasteiger partial charge in [-0.15, -0.1) is 13.2 Å². The molecule has 0 aliphatic carbocycles. The molecule has 1 amide bonds. The zero-order valence-electron chi connectivity index (χ0n) is 9.95. The zero-order chi connectivity index (χ0) is 11.8. The van der Waals surface area contributed by atoms with Crippen molar-refractivity contribution in [1.82, 2.24) is 10.2 Å². The fourth-order valence-electron chi connectivity index (χ4n) is 2.05. The molecule has 1 saturated heterocycles. The molecule has 0 spiro atoms. The molecule has 0 radical (unpaired) electrons. The van der Waals surface area contributed by atoms with Gasteiger partial charge in [0.1, 0.15) is 0 Å². The Morgan fingerprint density at radius 2 is 2.06 bits per heavy atom. The van der Waals surface area contributed by atoms with Crippen LogP contribution in [-0.2, 0) is 4.79 Å². The Hall–Kier alpha value is -1.09. The van der Waals surface area contributed by atoms with Crippen molar-refractivity contribution in [2.45, 2.75) is 31.7 Å². The lowest BCUT2D eigenvalue weighted by molar-refractivity contribution is -0.130. The molecule has 1 aliphatic heterocycles. The van der Waals surface area contributed by atoms with Gasteiger partial charge in [-0.2, -0.15) is 0 Å². The number of nitrogens with one attached hydrogen (secondary N) is 1. The summed E-state index contributed by atoms with van der Waals surface area (Å²) in [6.45, 7) is 9.65. The van der Waals surface area contributed by atoms with Crippen molar-refractivity contribution in [1.29, 1.82) is 0 Å². The first-order valence-electron chi connectivity index (χ1n) is 6.01. The molecule has 1 aliphatic rings. The molecule has 1 rings (SSSR count). The quantitative estimate of drug-likeness (QED) is 0.665. The number of nitrogens with zero attached hydrogens (tertiary/aromatic N) is 1. The third kappa shape index (κ3) is 4.19. The molecular formula is C13H22N2O. The highest BCUT2D eigenvalue weighted by molar-refractivity contribution is 5.76. The standard InChI is InChI=1S/C13H22N2O/c1-3-10-15(11-4-2)13(16)8-7-12-6-5-9-14-12/h3-4,12,14H,1-2,5-11H2. The second-order valence-corrected chi connectivity index (χ2v) is 4.21. The van der Waals surface area contributed by atoms with Gasteiger partial charge in [0.25, 0.3) is 0 Å². The number of carbonyl (C=O) groups excluding carboxylic acids is 1. The number of hydrogen-bond donors (Lipinski definition) is 1. The second-order valence-electron chi connectivity index (χ2n) is 4.21. The number of rotatable bonds is 7. The summed E-state index contributed by atoms with van der Waals surface area (Å²) in [5.41, 5.74) is 0. The van der Waals surface area contributed by atoms with E-state index in [0.717, 1.165) is 13.0 Å². The molecule has 0 aromatic heterocycles. The highest BCUT2D eigenvalue weighted by atomic mass is 16.2. The van der Waals surface area contributed by atoms with Crippen molar-refractivity contribution >= 4 is 5.91 Å². The van der Waals surface area contributed by atoms with Crippen LogP contribution in [0.3, 0.4) is 0 Å². The molecule has 0 saturated carbocycles. The molecule has 1 N–H and O–H groups in total. The summed E-state index contributed by atoms with van der Waals surface area (Å²) in [5.74, 6) is 0.202. The summed E-state index contributed by atoms with van der Waals surface area (Å²) in [6, 6.07) is 0.540. The first kappa shape index (κ1) is 13.0. The van der Waals surface area contributed by atoms with Crippen molar-refractivity contribution in [2.75, 3.05) is 19.6 Å². The van der Waals surface area contributed by atoms with Crippen LogP contribution in [0.5, 0.6) is 0 Å². The summed E-state index contributed by atoms with van der Waals surface area (Å²) >= 11 is 0. The van der Waals surface area contributed by atoms with Crippen molar-refractivity contribution in [3.63, 3.8) is 0 Å². The topological polar surface area (TPSA) is 32.3 Å². The predicted octanol–water partition coefficient (Wildman–Crippen LogP) is 1.72. The van der Waals surface area contributed by atoms with Gasteiger partial charge in [-0.25, -0.2) is 0 Å². The third-order valence-corrected chi connectivity index (χ3v) is 2.92. The monoisotopic (exact) mass is 222 g/mol. The fourth-order valence-corrected chi connectivity index (χ4v) is 2.05. The van der Waals surface area contributed by atoms with Gasteiger partial charge in [-0.1, -0.05) is 12.2 Å². The van der Waals surface area contributed by atoms with E-state index in [1.165, 1.54) is 12.8 Å². The van der Waals surface area contributed by atoms with Crippen LogP contribution in [0.1, 0.15) is 25.7 Å². The maximum absolute atomic E-state index is 11.9. The van der Waals surface area contributed by atoms with E-state index < -0.39 is 0 Å². The van der Waals surface area contributed by atoms with Crippen molar-refractivity contribution in [3.05, 3.63) is 25.3 Å². The van der Waals surface area contributed by atoms with E-state index in [1.54, 1.807) is 17.1 Å². The molecule has 0 bridgehead atoms. The summed E-state index contributed by atoms with van der Waals surface area (Å²) in [4.78, 5) is 13.7. The molecule has 1 atom stereocenters. The Morgan fingerprint density at radius 3 is 2.56 bits per heavy atom. The maximum atomic E-state index is 11.9. The first-order chi connectivity index (χ1) is 7.77. The zero-order valence-corrected chi connectivity index (χ0v) is 9.95. The minimum atomic E-state index is 0.202. The Kier molecular flexibility index (Phi) is 5.86. The normalized spacial score (nSPS) is 19.4. The van der Waals surface area contributed by atoms with Gasteiger partial charge in [-0.05, 0) is 25.8 Å². The van der Waals surface area contributed by atoms with Gasteiger partial charge in [-0.3, -0.25) is 4.79 Å². The smallest absolute Gasteiger partial charge is 0.223 e. The molecule has 90 valence electrons. The molecule has 3 heteroatoms. The lowest BCUT2D eigenvalue weighted by Crippen LogP contribution is -2.32. The fraction of sp³-hybridized carbons (Fsp3) is 0.615. The van der Waals surface area contributed by atoms with E-state index in [2.05, 4.69) is 18.5 Å². The van der Waals surface area contributed by atoms with Gasteiger partial charge >= 0.3 is 0 Å². The lowest BCUT2D eigenvalue weighted by Gasteiger charge is -2.20. The number of carbonyl (C=O) groups is 1. The summed E-state index contributed by atoms with van der Waals surface area (Å²) in [7, 11) is 0. The average molecular weight is 222 g/mol. The molecule has 3 nitrogen and oxygen atoms in total. The third-order valence-electron chi connectivity index (χ3n) is 2.92. The van der Waals surface area contributed by atoms with Crippen LogP contribution >= 0.6 is 0 Å². The Morgan fingerprint density at radius 1 is 1.38 bits per heavy atom. The van der Waals surface area contributed by atoms with E-state index >= 15 is 0 Å². The summed E-state index contributed by atoms with van der Waals surface area (Å²) < 4.78 is 0. The molecule has 0 aromatic rings. The van der Waals surface area contributed by atoms with E-state index in [-0.39, 0.29) is 5.91 Å². The van der Waals surface area contributed by atoms with Crippen LogP contribution < -0.4 is 5.32 Å². The van der Waals surface area contributed by atoms with Crippen LogP contribution in [0.15, 0.2) is 25.3 Å². The van der Waals surface area contributed by atoms with Crippen LogP contribution in [0, 0.1) is 0 Å². The second kappa shape index (κ2) is 7.23. The van der Waals surface area contributed by atoms with Crippen LogP contribution in [-0.4, -0.2) is 36.5 Å². The van der Waals surface area contributed by atoms with Gasteiger partial charge in [0, 0.05) is 25.6 Å². The Balaban J connectivity index is 2.29. The first-order valence-corrected chi connectivity index (χ1v) is 6.01. The molecule has 1 fully saturated rings. The Labute approximate surface area is 98.2 Å². The van der Waals surface area contributed by atoms with Gasteiger partial charge in [0.2, 0.25) is 5.91 Å². The highest BCUT2D eigenvalue weighted by Gasteiger charge is 2.17. The number of hydrogen-bond acceptors (Lipinski definition) is 2. The average Bonchev–Trinajstić information content (AvgIpc) is 2.78. The summed E-state index contributed by atoms with van der Waals surface area (Å²) in [5, 5.41) is 3.40. The minimum absolute atomic E-state index is 0.202. The van der Waals surface area contributed by atoms with Gasteiger partial charge in [0.15, 0.2) is 0 Å². The highest BCUT2D eigenvalue weighted by Crippen LogP contribution is 2.11. The lowest BCUT2D eigenvalue weighted by atomic mass is 10.1. The molecule has 16 heavy (non-hydrogen) atoms. The van der Waals surface area contributed by atoms with Crippen molar-refractivity contribution < 1.29 is 4.79 Å². The van der Waals surface area contributed by atoms with Crippen molar-refractivity contribution in [2.24, 2.45) is 0 Å². The molecular weight excluding hydrogens is 200 g/mol. The Bertz CT molecular complexity index is 234. The van der Waals surface area contributed by atoms with Crippen molar-refractivity contribution in [3.8, 4) is 0 Å². The maximum Gasteiger partial charge on any atom is 0.223 e. The SMILES string of the molecule is C=CCN(CC=C)C(=O)CCC1CCCN1. The van der Waals surface area contributed by atoms with E-state index in [4.69, 9.17) is 0 Å². The predicted molar refractivity (Wildman–Crippen MR) is 67.2 cm³/mol. The van der Waals surface area contributed by atoms with E-state index in [1.807, 2.05) is 0 Å². The molecule has 1 unspecified atom stereocenters. The van der Waals surface area contributed by atoms with Gasteiger partial charge in [0.05, 0.1) is 0 Å².